The van der Waals surface area contributed by atoms with Crippen LogP contribution in [0.4, 0.5) is 5.13 Å². The lowest BCUT2D eigenvalue weighted by molar-refractivity contribution is -0.134. The van der Waals surface area contributed by atoms with Crippen LogP contribution in [0.25, 0.3) is 0 Å². The van der Waals surface area contributed by atoms with E-state index in [4.69, 9.17) is 27.9 Å². The van der Waals surface area contributed by atoms with Crippen LogP contribution in [0.5, 0.6) is 5.88 Å². The Hall–Kier alpha value is -1.61. The summed E-state index contributed by atoms with van der Waals surface area (Å²) >= 11 is 12.9. The number of aromatic nitrogens is 1. The van der Waals surface area contributed by atoms with Gasteiger partial charge >= 0.3 is 5.97 Å². The van der Waals surface area contributed by atoms with Crippen molar-refractivity contribution >= 4 is 55.7 Å². The summed E-state index contributed by atoms with van der Waals surface area (Å²) < 4.78 is 32.7. The SMILES string of the molecule is C=CC(c1cc(Cl)cc(Cl)c1)S(=O)(=O)Nc1nc(OC(=O)CCC)cs1. The van der Waals surface area contributed by atoms with Crippen LogP contribution in [0.1, 0.15) is 30.6 Å². The number of esters is 1. The molecule has 2 rings (SSSR count). The lowest BCUT2D eigenvalue weighted by Gasteiger charge is -2.15. The molecule has 1 aromatic heterocycles. The third-order valence-corrected chi connectivity index (χ3v) is 6.06. The number of carbonyl (C=O) groups is 1. The van der Waals surface area contributed by atoms with Gasteiger partial charge in [-0.2, -0.15) is 4.98 Å². The summed E-state index contributed by atoms with van der Waals surface area (Å²) in [6.45, 7) is 5.42. The molecule has 0 aliphatic rings. The van der Waals surface area contributed by atoms with Crippen LogP contribution < -0.4 is 9.46 Å². The Kier molecular flexibility index (Phi) is 7.05. The summed E-state index contributed by atoms with van der Waals surface area (Å²) in [6.07, 6.45) is 2.17. The fraction of sp³-hybridized carbons (Fsp3) is 0.250. The number of hydrogen-bond donors (Lipinski definition) is 1. The number of rotatable bonds is 8. The largest absolute Gasteiger partial charge is 0.406 e. The van der Waals surface area contributed by atoms with Gasteiger partial charge < -0.3 is 4.74 Å². The van der Waals surface area contributed by atoms with Gasteiger partial charge in [-0.05, 0) is 30.2 Å². The van der Waals surface area contributed by atoms with E-state index in [0.29, 0.717) is 22.0 Å². The van der Waals surface area contributed by atoms with Crippen LogP contribution in [0, 0.1) is 0 Å². The average Bonchev–Trinajstić information content (AvgIpc) is 2.92. The van der Waals surface area contributed by atoms with E-state index < -0.39 is 21.2 Å². The highest BCUT2D eigenvalue weighted by molar-refractivity contribution is 7.93. The Morgan fingerprint density at radius 3 is 2.62 bits per heavy atom. The van der Waals surface area contributed by atoms with Crippen LogP contribution in [-0.2, 0) is 14.8 Å². The maximum Gasteiger partial charge on any atom is 0.312 e. The Morgan fingerprint density at radius 2 is 2.04 bits per heavy atom. The minimum atomic E-state index is -3.92. The normalized spacial score (nSPS) is 12.4. The first kappa shape index (κ1) is 20.7. The van der Waals surface area contributed by atoms with Gasteiger partial charge in [0.2, 0.25) is 15.9 Å². The Morgan fingerprint density at radius 1 is 1.38 bits per heavy atom. The average molecular weight is 435 g/mol. The van der Waals surface area contributed by atoms with Gasteiger partial charge in [-0.15, -0.1) is 17.9 Å². The number of nitrogens with one attached hydrogen (secondary N) is 1. The highest BCUT2D eigenvalue weighted by Crippen LogP contribution is 2.31. The molecule has 1 atom stereocenters. The Balaban J connectivity index is 2.20. The topological polar surface area (TPSA) is 85.4 Å². The number of carbonyl (C=O) groups excluding carboxylic acids is 1. The number of anilines is 1. The lowest BCUT2D eigenvalue weighted by Crippen LogP contribution is -2.20. The smallest absolute Gasteiger partial charge is 0.312 e. The fourth-order valence-corrected chi connectivity index (χ4v) is 4.79. The van der Waals surface area contributed by atoms with Crippen LogP contribution in [0.3, 0.4) is 0 Å². The molecule has 0 aliphatic heterocycles. The maximum absolute atomic E-state index is 12.7. The first-order valence-electron chi connectivity index (χ1n) is 7.51. The molecule has 1 heterocycles. The van der Waals surface area contributed by atoms with Crippen molar-refractivity contribution in [2.75, 3.05) is 4.72 Å². The van der Waals surface area contributed by atoms with E-state index in [1.54, 1.807) is 0 Å². The van der Waals surface area contributed by atoms with Crippen LogP contribution in [0.2, 0.25) is 10.0 Å². The molecule has 26 heavy (non-hydrogen) atoms. The van der Waals surface area contributed by atoms with Gasteiger partial charge in [-0.1, -0.05) is 36.2 Å². The summed E-state index contributed by atoms with van der Waals surface area (Å²) in [4.78, 5) is 15.4. The van der Waals surface area contributed by atoms with Gasteiger partial charge in [0, 0.05) is 16.5 Å². The van der Waals surface area contributed by atoms with Gasteiger partial charge in [-0.3, -0.25) is 9.52 Å². The Bertz CT molecular complexity index is 892. The summed E-state index contributed by atoms with van der Waals surface area (Å²) in [5, 5.41) is 1.06. The van der Waals surface area contributed by atoms with Crippen molar-refractivity contribution in [1.82, 2.24) is 4.98 Å². The molecule has 1 aromatic carbocycles. The van der Waals surface area contributed by atoms with Crippen LogP contribution in [0.15, 0.2) is 36.2 Å². The molecule has 0 spiro atoms. The van der Waals surface area contributed by atoms with Gasteiger partial charge in [0.1, 0.15) is 5.25 Å². The number of hydrogen-bond acceptors (Lipinski definition) is 6. The van der Waals surface area contributed by atoms with E-state index >= 15 is 0 Å². The highest BCUT2D eigenvalue weighted by Gasteiger charge is 2.26. The molecule has 1 N–H and O–H groups in total. The predicted molar refractivity (Wildman–Crippen MR) is 105 cm³/mol. The van der Waals surface area contributed by atoms with Crippen molar-refractivity contribution in [2.45, 2.75) is 25.0 Å². The standard InChI is InChI=1S/C16H16Cl2N2O4S2/c1-3-5-15(21)24-14-9-25-16(19-14)20-26(22,23)13(4-2)10-6-11(17)8-12(18)7-10/h4,6-9,13H,2-3,5H2,1H3,(H,19,20). The van der Waals surface area contributed by atoms with Crippen molar-refractivity contribution in [1.29, 1.82) is 0 Å². The van der Waals surface area contributed by atoms with E-state index in [1.165, 1.54) is 29.7 Å². The summed E-state index contributed by atoms with van der Waals surface area (Å²) in [5.41, 5.74) is 0.371. The van der Waals surface area contributed by atoms with Crippen molar-refractivity contribution in [3.05, 3.63) is 51.8 Å². The molecule has 0 saturated heterocycles. The highest BCUT2D eigenvalue weighted by atomic mass is 35.5. The maximum atomic E-state index is 12.7. The molecule has 0 saturated carbocycles. The number of halogens is 2. The van der Waals surface area contributed by atoms with E-state index in [2.05, 4.69) is 16.3 Å². The number of benzene rings is 1. The molecule has 6 nitrogen and oxygen atoms in total. The first-order valence-corrected chi connectivity index (χ1v) is 10.7. The van der Waals surface area contributed by atoms with Crippen LogP contribution in [-0.4, -0.2) is 19.4 Å². The minimum absolute atomic E-state index is 0.0482. The summed E-state index contributed by atoms with van der Waals surface area (Å²) in [5.74, 6) is -0.378. The van der Waals surface area contributed by atoms with E-state index in [-0.39, 0.29) is 17.4 Å². The van der Waals surface area contributed by atoms with Gasteiger partial charge in [0.25, 0.3) is 0 Å². The molecular formula is C16H16Cl2N2O4S2. The molecule has 10 heteroatoms. The second-order valence-corrected chi connectivity index (χ2v) is 8.75. The molecule has 140 valence electrons. The van der Waals surface area contributed by atoms with Crippen molar-refractivity contribution < 1.29 is 17.9 Å². The molecule has 0 radical (unpaired) electrons. The zero-order chi connectivity index (χ0) is 19.3. The summed E-state index contributed by atoms with van der Waals surface area (Å²) in [7, 11) is -3.92. The monoisotopic (exact) mass is 434 g/mol. The molecule has 0 fully saturated rings. The molecule has 2 aromatic rings. The second-order valence-electron chi connectivity index (χ2n) is 5.22. The zero-order valence-electron chi connectivity index (χ0n) is 13.7. The number of sulfonamides is 1. The molecular weight excluding hydrogens is 419 g/mol. The van der Waals surface area contributed by atoms with E-state index in [1.807, 2.05) is 6.92 Å². The fourth-order valence-electron chi connectivity index (χ4n) is 2.09. The van der Waals surface area contributed by atoms with Gasteiger partial charge in [-0.25, -0.2) is 8.42 Å². The molecule has 0 aliphatic carbocycles. The molecule has 0 bridgehead atoms. The minimum Gasteiger partial charge on any atom is -0.406 e. The third-order valence-electron chi connectivity index (χ3n) is 3.15. The number of thiazole rings is 1. The molecule has 0 amide bonds. The number of nitrogens with zero attached hydrogens (tertiary/aromatic N) is 1. The van der Waals surface area contributed by atoms with Crippen molar-refractivity contribution in [3.63, 3.8) is 0 Å². The van der Waals surface area contributed by atoms with Crippen molar-refractivity contribution in [2.24, 2.45) is 0 Å². The quantitative estimate of drug-likeness (QED) is 0.475. The van der Waals surface area contributed by atoms with E-state index in [0.717, 1.165) is 11.3 Å². The second kappa shape index (κ2) is 8.85. The lowest BCUT2D eigenvalue weighted by atomic mass is 10.1. The van der Waals surface area contributed by atoms with Crippen LogP contribution >= 0.6 is 34.5 Å². The van der Waals surface area contributed by atoms with Gasteiger partial charge in [0.15, 0.2) is 5.13 Å². The third kappa shape index (κ3) is 5.44. The Labute approximate surface area is 165 Å². The molecule has 1 unspecified atom stereocenters. The van der Waals surface area contributed by atoms with Crippen molar-refractivity contribution in [3.8, 4) is 5.88 Å². The zero-order valence-corrected chi connectivity index (χ0v) is 16.9. The summed E-state index contributed by atoms with van der Waals surface area (Å²) in [6, 6.07) is 4.50. The van der Waals surface area contributed by atoms with E-state index in [9.17, 15) is 13.2 Å². The number of ether oxygens (including phenoxy) is 1. The van der Waals surface area contributed by atoms with Gasteiger partial charge in [0.05, 0.1) is 5.38 Å². The first-order chi connectivity index (χ1) is 12.2. The predicted octanol–water partition coefficient (Wildman–Crippen LogP) is 4.82.